The summed E-state index contributed by atoms with van der Waals surface area (Å²) in [4.78, 5) is 12.7. The Morgan fingerprint density at radius 2 is 2.15 bits per heavy atom. The molecular formula is C20H18FIN2O3. The van der Waals surface area contributed by atoms with Gasteiger partial charge >= 0.3 is 0 Å². The normalized spacial score (nSPS) is 10.9. The first kappa shape index (κ1) is 19.5. The third-order valence-corrected chi connectivity index (χ3v) is 4.79. The van der Waals surface area contributed by atoms with Gasteiger partial charge in [0.25, 0.3) is 0 Å². The molecule has 1 N–H and O–H groups in total. The predicted molar refractivity (Wildman–Crippen MR) is 109 cm³/mol. The summed E-state index contributed by atoms with van der Waals surface area (Å²) in [5.41, 5.74) is 2.56. The first-order valence-electron chi connectivity index (χ1n) is 8.32. The fraction of sp³-hybridized carbons (Fsp3) is 0.200. The highest BCUT2D eigenvalue weighted by Gasteiger charge is 2.17. The number of rotatable bonds is 9. The molecule has 27 heavy (non-hydrogen) atoms. The Balaban J connectivity index is 1.87. The molecule has 0 aliphatic rings. The van der Waals surface area contributed by atoms with Crippen molar-refractivity contribution in [3.8, 4) is 0 Å². The van der Waals surface area contributed by atoms with Gasteiger partial charge in [0, 0.05) is 20.9 Å². The van der Waals surface area contributed by atoms with E-state index in [0.29, 0.717) is 24.2 Å². The first-order chi connectivity index (χ1) is 13.1. The van der Waals surface area contributed by atoms with E-state index in [1.807, 2.05) is 6.07 Å². The molecule has 0 spiro atoms. The maximum atomic E-state index is 14.4. The zero-order chi connectivity index (χ0) is 19.2. The summed E-state index contributed by atoms with van der Waals surface area (Å²) in [5, 5.41) is 7.74. The lowest BCUT2D eigenvalue weighted by Gasteiger charge is -2.12. The van der Waals surface area contributed by atoms with E-state index in [2.05, 4.69) is 39.4 Å². The van der Waals surface area contributed by atoms with Gasteiger partial charge in [-0.05, 0) is 58.0 Å². The zero-order valence-electron chi connectivity index (χ0n) is 14.5. The molecule has 0 aliphatic heterocycles. The Morgan fingerprint density at radius 1 is 1.30 bits per heavy atom. The van der Waals surface area contributed by atoms with Gasteiger partial charge in [-0.3, -0.25) is 9.89 Å². The Morgan fingerprint density at radius 3 is 2.93 bits per heavy atom. The van der Waals surface area contributed by atoms with Crippen LogP contribution in [0.3, 0.4) is 0 Å². The van der Waals surface area contributed by atoms with Crippen molar-refractivity contribution in [2.75, 3.05) is 19.8 Å². The molecule has 0 aliphatic carbocycles. The molecule has 0 fully saturated rings. The number of Topliss-reactive ketones (excluding diaryl/α,β-unsaturated/α-hetero) is 1. The topological polar surface area (TPSA) is 64.2 Å². The maximum absolute atomic E-state index is 14.4. The van der Waals surface area contributed by atoms with Gasteiger partial charge in [0.15, 0.2) is 5.78 Å². The highest BCUT2D eigenvalue weighted by Crippen LogP contribution is 2.26. The van der Waals surface area contributed by atoms with Gasteiger partial charge in [0.2, 0.25) is 0 Å². The number of hydrogen-bond acceptors (Lipinski definition) is 4. The average molecular weight is 480 g/mol. The number of halogens is 2. The molecule has 0 radical (unpaired) electrons. The molecular weight excluding hydrogens is 462 g/mol. The van der Waals surface area contributed by atoms with Crippen LogP contribution in [0.4, 0.5) is 4.39 Å². The molecule has 0 amide bonds. The Labute approximate surface area is 169 Å². The molecule has 0 unspecified atom stereocenters. The number of H-pyrrole nitrogens is 1. The lowest BCUT2D eigenvalue weighted by atomic mass is 9.94. The van der Waals surface area contributed by atoms with Crippen molar-refractivity contribution in [3.05, 3.63) is 75.4 Å². The third kappa shape index (κ3) is 4.72. The Kier molecular flexibility index (Phi) is 6.57. The molecule has 0 bridgehead atoms. The number of nitrogens with one attached hydrogen (secondary N) is 1. The van der Waals surface area contributed by atoms with Crippen molar-refractivity contribution in [1.29, 1.82) is 0 Å². The van der Waals surface area contributed by atoms with E-state index in [0.717, 1.165) is 20.0 Å². The number of nitrogens with zero attached hydrogens (tertiary/aromatic N) is 1. The lowest BCUT2D eigenvalue weighted by molar-refractivity contribution is 0.0638. The van der Waals surface area contributed by atoms with Crippen LogP contribution in [0.2, 0.25) is 0 Å². The maximum Gasteiger partial charge on any atom is 0.188 e. The fourth-order valence-corrected chi connectivity index (χ4v) is 3.27. The molecule has 5 nitrogen and oxygen atoms in total. The lowest BCUT2D eigenvalue weighted by Crippen LogP contribution is -2.14. The minimum Gasteiger partial charge on any atom is -0.499 e. The number of carbonyl (C=O) groups is 1. The Hall–Kier alpha value is -2.26. The van der Waals surface area contributed by atoms with Crippen LogP contribution in [0.25, 0.3) is 10.9 Å². The van der Waals surface area contributed by atoms with Crippen LogP contribution in [-0.2, 0) is 15.9 Å². The van der Waals surface area contributed by atoms with E-state index in [1.165, 1.54) is 12.3 Å². The first-order valence-corrected chi connectivity index (χ1v) is 9.40. The van der Waals surface area contributed by atoms with E-state index >= 15 is 0 Å². The van der Waals surface area contributed by atoms with Crippen molar-refractivity contribution >= 4 is 39.3 Å². The molecule has 1 heterocycles. The number of hydrogen-bond donors (Lipinski definition) is 1. The summed E-state index contributed by atoms with van der Waals surface area (Å²) in [6.07, 6.45) is 3.27. The largest absolute Gasteiger partial charge is 0.499 e. The van der Waals surface area contributed by atoms with Crippen LogP contribution in [0.15, 0.2) is 49.4 Å². The number of benzene rings is 2. The second-order valence-corrected chi connectivity index (χ2v) is 7.09. The Bertz CT molecular complexity index is 971. The van der Waals surface area contributed by atoms with Gasteiger partial charge in [-0.2, -0.15) is 5.10 Å². The number of aromatic nitrogens is 2. The number of aromatic amines is 1. The van der Waals surface area contributed by atoms with Crippen LogP contribution >= 0.6 is 22.6 Å². The van der Waals surface area contributed by atoms with Gasteiger partial charge in [-0.1, -0.05) is 12.6 Å². The van der Waals surface area contributed by atoms with Gasteiger partial charge < -0.3 is 9.47 Å². The molecule has 7 heteroatoms. The summed E-state index contributed by atoms with van der Waals surface area (Å²) in [6, 6.07) is 8.60. The van der Waals surface area contributed by atoms with Crippen molar-refractivity contribution in [3.63, 3.8) is 0 Å². The molecule has 0 saturated carbocycles. The predicted octanol–water partition coefficient (Wildman–Crippen LogP) is 4.26. The molecule has 3 aromatic rings. The average Bonchev–Trinajstić information content (AvgIpc) is 3.13. The van der Waals surface area contributed by atoms with Crippen molar-refractivity contribution in [2.45, 2.75) is 6.42 Å². The SMILES string of the molecule is C=COCCOCC(=O)c1ccc2[nH]ncc2c1Cc1ccc(I)cc1F. The molecule has 3 rings (SSSR count). The molecule has 0 saturated heterocycles. The zero-order valence-corrected chi connectivity index (χ0v) is 16.7. The minimum absolute atomic E-state index is 0.0773. The third-order valence-electron chi connectivity index (χ3n) is 4.12. The quantitative estimate of drug-likeness (QED) is 0.215. The summed E-state index contributed by atoms with van der Waals surface area (Å²) in [5.74, 6) is -0.462. The van der Waals surface area contributed by atoms with E-state index in [1.54, 1.807) is 24.4 Å². The number of ether oxygens (including phenoxy) is 2. The van der Waals surface area contributed by atoms with Gasteiger partial charge in [0.05, 0.1) is 24.6 Å². The van der Waals surface area contributed by atoms with Crippen LogP contribution < -0.4 is 0 Å². The second kappa shape index (κ2) is 9.09. The second-order valence-electron chi connectivity index (χ2n) is 5.85. The number of carbonyl (C=O) groups excluding carboxylic acids is 1. The summed E-state index contributed by atoms with van der Waals surface area (Å²) >= 11 is 2.07. The van der Waals surface area contributed by atoms with Crippen LogP contribution in [-0.4, -0.2) is 35.8 Å². The summed E-state index contributed by atoms with van der Waals surface area (Å²) < 4.78 is 25.5. The fourth-order valence-electron chi connectivity index (χ4n) is 2.82. The van der Waals surface area contributed by atoms with Crippen molar-refractivity contribution < 1.29 is 18.7 Å². The van der Waals surface area contributed by atoms with Crippen molar-refractivity contribution in [1.82, 2.24) is 10.2 Å². The van der Waals surface area contributed by atoms with Crippen molar-refractivity contribution in [2.24, 2.45) is 0 Å². The molecule has 140 valence electrons. The highest BCUT2D eigenvalue weighted by molar-refractivity contribution is 14.1. The van der Waals surface area contributed by atoms with E-state index in [4.69, 9.17) is 9.47 Å². The van der Waals surface area contributed by atoms with E-state index in [9.17, 15) is 9.18 Å². The van der Waals surface area contributed by atoms with Gasteiger partial charge in [-0.15, -0.1) is 0 Å². The van der Waals surface area contributed by atoms with Crippen LogP contribution in [0, 0.1) is 9.39 Å². The van der Waals surface area contributed by atoms with E-state index < -0.39 is 0 Å². The molecule has 2 aromatic carbocycles. The summed E-state index contributed by atoms with van der Waals surface area (Å²) in [7, 11) is 0. The van der Waals surface area contributed by atoms with Gasteiger partial charge in [-0.25, -0.2) is 4.39 Å². The molecule has 0 atom stereocenters. The van der Waals surface area contributed by atoms with Crippen LogP contribution in [0.1, 0.15) is 21.5 Å². The summed E-state index contributed by atoms with van der Waals surface area (Å²) in [6.45, 7) is 3.98. The highest BCUT2D eigenvalue weighted by atomic mass is 127. The monoisotopic (exact) mass is 480 g/mol. The number of ketones is 1. The van der Waals surface area contributed by atoms with Crippen LogP contribution in [0.5, 0.6) is 0 Å². The molecule has 1 aromatic heterocycles. The van der Waals surface area contributed by atoms with E-state index in [-0.39, 0.29) is 24.8 Å². The smallest absolute Gasteiger partial charge is 0.188 e. The van der Waals surface area contributed by atoms with Gasteiger partial charge in [0.1, 0.15) is 19.0 Å². The number of fused-ring (bicyclic) bond motifs is 1. The standard InChI is InChI=1S/C20H18FIN2O3/c1-2-26-7-8-27-12-20(25)15-5-6-19-17(11-23-24-19)16(15)9-13-3-4-14(22)10-18(13)21/h2-6,10-11H,1,7-9,12H2,(H,23,24). The minimum atomic E-state index is -0.293.